The van der Waals surface area contributed by atoms with Gasteiger partial charge in [-0.2, -0.15) is 0 Å². The van der Waals surface area contributed by atoms with Gasteiger partial charge in [0.2, 0.25) is 0 Å². The summed E-state index contributed by atoms with van der Waals surface area (Å²) in [5.41, 5.74) is 4.68. The SMILES string of the molecule is COc1c(C)cc(C(Br)c2cc(Cl)ccc2I)cc1C. The van der Waals surface area contributed by atoms with Crippen molar-refractivity contribution in [2.24, 2.45) is 0 Å². The van der Waals surface area contributed by atoms with Crippen LogP contribution in [0.25, 0.3) is 0 Å². The molecule has 106 valence electrons. The highest BCUT2D eigenvalue weighted by Crippen LogP contribution is 2.37. The minimum absolute atomic E-state index is 0.122. The molecule has 0 N–H and O–H groups in total. The molecule has 0 aromatic heterocycles. The Hall–Kier alpha value is -0.260. The molecule has 2 rings (SSSR count). The Balaban J connectivity index is 2.48. The summed E-state index contributed by atoms with van der Waals surface area (Å²) in [6.07, 6.45) is 0. The van der Waals surface area contributed by atoms with Crippen molar-refractivity contribution in [2.75, 3.05) is 7.11 Å². The summed E-state index contributed by atoms with van der Waals surface area (Å²) in [5.74, 6) is 0.953. The molecule has 4 heteroatoms. The van der Waals surface area contributed by atoms with E-state index in [2.05, 4.69) is 64.5 Å². The number of aryl methyl sites for hydroxylation is 2. The first kappa shape index (κ1) is 16.1. The van der Waals surface area contributed by atoms with Crippen LogP contribution >= 0.6 is 50.1 Å². The summed E-state index contributed by atoms with van der Waals surface area (Å²) in [6.45, 7) is 4.13. The number of halogens is 3. The second kappa shape index (κ2) is 6.67. The number of alkyl halides is 1. The van der Waals surface area contributed by atoms with Gasteiger partial charge in [-0.3, -0.25) is 0 Å². The highest BCUT2D eigenvalue weighted by atomic mass is 127. The molecule has 2 aromatic carbocycles. The number of hydrogen-bond donors (Lipinski definition) is 0. The normalized spacial score (nSPS) is 12.3. The van der Waals surface area contributed by atoms with Crippen molar-refractivity contribution < 1.29 is 4.74 Å². The number of methoxy groups -OCH3 is 1. The van der Waals surface area contributed by atoms with Crippen molar-refractivity contribution in [1.82, 2.24) is 0 Å². The van der Waals surface area contributed by atoms with Gasteiger partial charge in [0.15, 0.2) is 0 Å². The molecular weight excluding hydrogens is 450 g/mol. The van der Waals surface area contributed by atoms with Gasteiger partial charge in [0, 0.05) is 8.59 Å². The lowest BCUT2D eigenvalue weighted by Gasteiger charge is -2.17. The van der Waals surface area contributed by atoms with Crippen molar-refractivity contribution in [1.29, 1.82) is 0 Å². The number of benzene rings is 2. The van der Waals surface area contributed by atoms with Crippen LogP contribution in [0.4, 0.5) is 0 Å². The predicted octanol–water partition coefficient (Wildman–Crippen LogP) is 6.05. The zero-order valence-corrected chi connectivity index (χ0v) is 16.0. The number of ether oxygens (including phenoxy) is 1. The summed E-state index contributed by atoms with van der Waals surface area (Å²) in [6, 6.07) is 10.3. The van der Waals surface area contributed by atoms with Crippen LogP contribution in [0.5, 0.6) is 5.75 Å². The van der Waals surface area contributed by atoms with E-state index in [0.717, 1.165) is 21.9 Å². The summed E-state index contributed by atoms with van der Waals surface area (Å²) in [5, 5.41) is 0.756. The fourth-order valence-corrected chi connectivity index (χ4v) is 4.24. The highest BCUT2D eigenvalue weighted by molar-refractivity contribution is 14.1. The maximum atomic E-state index is 6.11. The Kier molecular flexibility index (Phi) is 5.37. The van der Waals surface area contributed by atoms with E-state index in [0.29, 0.717) is 0 Å². The largest absolute Gasteiger partial charge is 0.496 e. The fraction of sp³-hybridized carbons (Fsp3) is 0.250. The van der Waals surface area contributed by atoms with Gasteiger partial charge in [0.1, 0.15) is 5.75 Å². The van der Waals surface area contributed by atoms with Gasteiger partial charge in [0.25, 0.3) is 0 Å². The molecule has 0 fully saturated rings. The van der Waals surface area contributed by atoms with E-state index in [1.54, 1.807) is 7.11 Å². The van der Waals surface area contributed by atoms with Crippen LogP contribution in [0.1, 0.15) is 27.1 Å². The van der Waals surface area contributed by atoms with E-state index in [-0.39, 0.29) is 4.83 Å². The average molecular weight is 466 g/mol. The lowest BCUT2D eigenvalue weighted by molar-refractivity contribution is 0.408. The molecule has 0 heterocycles. The highest BCUT2D eigenvalue weighted by Gasteiger charge is 2.16. The Bertz CT molecular complexity index is 619. The van der Waals surface area contributed by atoms with E-state index < -0.39 is 0 Å². The maximum Gasteiger partial charge on any atom is 0.124 e. The van der Waals surface area contributed by atoms with Crippen molar-refractivity contribution in [3.8, 4) is 5.75 Å². The number of hydrogen-bond acceptors (Lipinski definition) is 1. The number of rotatable bonds is 3. The van der Waals surface area contributed by atoms with E-state index >= 15 is 0 Å². The molecule has 1 nitrogen and oxygen atoms in total. The first-order valence-corrected chi connectivity index (χ1v) is 8.55. The molecule has 0 saturated heterocycles. The summed E-state index contributed by atoms with van der Waals surface area (Å²) in [7, 11) is 1.71. The van der Waals surface area contributed by atoms with E-state index in [4.69, 9.17) is 16.3 Å². The summed E-state index contributed by atoms with van der Waals surface area (Å²) >= 11 is 12.2. The Morgan fingerprint density at radius 3 is 2.30 bits per heavy atom. The molecule has 0 aliphatic rings. The lowest BCUT2D eigenvalue weighted by atomic mass is 9.99. The third-order valence-electron chi connectivity index (χ3n) is 3.21. The maximum absolute atomic E-state index is 6.11. The van der Waals surface area contributed by atoms with Crippen molar-refractivity contribution in [2.45, 2.75) is 18.7 Å². The molecular formula is C16H15BrClIO. The molecule has 0 aliphatic heterocycles. The molecule has 0 radical (unpaired) electrons. The second-order valence-corrected chi connectivity index (χ2v) is 7.23. The molecule has 20 heavy (non-hydrogen) atoms. The van der Waals surface area contributed by atoms with Gasteiger partial charge in [0.05, 0.1) is 11.9 Å². The second-order valence-electron chi connectivity index (χ2n) is 4.72. The predicted molar refractivity (Wildman–Crippen MR) is 97.4 cm³/mol. The molecule has 1 atom stereocenters. The summed E-state index contributed by atoms with van der Waals surface area (Å²) < 4.78 is 6.62. The third-order valence-corrected chi connectivity index (χ3v) is 5.45. The molecule has 0 amide bonds. The first-order chi connectivity index (χ1) is 9.43. The van der Waals surface area contributed by atoms with Crippen LogP contribution in [0.3, 0.4) is 0 Å². The monoisotopic (exact) mass is 464 g/mol. The van der Waals surface area contributed by atoms with Crippen molar-refractivity contribution in [3.63, 3.8) is 0 Å². The van der Waals surface area contributed by atoms with Gasteiger partial charge >= 0.3 is 0 Å². The zero-order chi connectivity index (χ0) is 14.9. The molecule has 0 aliphatic carbocycles. The van der Waals surface area contributed by atoms with E-state index in [1.165, 1.54) is 14.7 Å². The Morgan fingerprint density at radius 1 is 1.15 bits per heavy atom. The van der Waals surface area contributed by atoms with Gasteiger partial charge in [-0.15, -0.1) is 0 Å². The average Bonchev–Trinajstić information content (AvgIpc) is 2.40. The lowest BCUT2D eigenvalue weighted by Crippen LogP contribution is -1.99. The zero-order valence-electron chi connectivity index (χ0n) is 11.5. The topological polar surface area (TPSA) is 9.23 Å². The van der Waals surface area contributed by atoms with Crippen LogP contribution in [-0.4, -0.2) is 7.11 Å². The first-order valence-electron chi connectivity index (χ1n) is 6.18. The van der Waals surface area contributed by atoms with Crippen LogP contribution in [0.15, 0.2) is 30.3 Å². The molecule has 2 aromatic rings. The smallest absolute Gasteiger partial charge is 0.124 e. The van der Waals surface area contributed by atoms with Gasteiger partial charge in [-0.05, 0) is 76.9 Å². The van der Waals surface area contributed by atoms with Crippen LogP contribution in [0, 0.1) is 17.4 Å². The standard InChI is InChI=1S/C16H15BrClIO/c1-9-6-11(7-10(2)16(9)20-3)15(17)13-8-12(18)4-5-14(13)19/h4-8,15H,1-3H3. The van der Waals surface area contributed by atoms with Crippen LogP contribution in [-0.2, 0) is 0 Å². The van der Waals surface area contributed by atoms with Crippen molar-refractivity contribution in [3.05, 3.63) is 61.2 Å². The quantitative estimate of drug-likeness (QED) is 0.396. The molecule has 0 spiro atoms. The minimum atomic E-state index is 0.122. The van der Waals surface area contributed by atoms with E-state index in [9.17, 15) is 0 Å². The Labute approximate surface area is 146 Å². The Morgan fingerprint density at radius 2 is 1.75 bits per heavy atom. The van der Waals surface area contributed by atoms with Gasteiger partial charge in [-0.25, -0.2) is 0 Å². The van der Waals surface area contributed by atoms with Gasteiger partial charge in [-0.1, -0.05) is 39.7 Å². The molecule has 0 bridgehead atoms. The summed E-state index contributed by atoms with van der Waals surface area (Å²) in [4.78, 5) is 0.122. The van der Waals surface area contributed by atoms with Gasteiger partial charge < -0.3 is 4.74 Å². The van der Waals surface area contributed by atoms with Crippen molar-refractivity contribution >= 4 is 50.1 Å². The minimum Gasteiger partial charge on any atom is -0.496 e. The van der Waals surface area contributed by atoms with E-state index in [1.807, 2.05) is 18.2 Å². The third kappa shape index (κ3) is 3.31. The molecule has 0 saturated carbocycles. The fourth-order valence-electron chi connectivity index (χ4n) is 2.34. The van der Waals surface area contributed by atoms with Crippen LogP contribution < -0.4 is 4.74 Å². The molecule has 1 unspecified atom stereocenters. The van der Waals surface area contributed by atoms with Crippen LogP contribution in [0.2, 0.25) is 5.02 Å².